The lowest BCUT2D eigenvalue weighted by atomic mass is 10.3. The largest absolute Gasteiger partial charge is 0.492 e. The number of benzene rings is 2. The fourth-order valence-corrected chi connectivity index (χ4v) is 2.98. The molecule has 0 aliphatic rings. The van der Waals surface area contributed by atoms with Gasteiger partial charge in [0.1, 0.15) is 18.2 Å². The fourth-order valence-electron chi connectivity index (χ4n) is 2.85. The molecule has 9 heteroatoms. The Balaban J connectivity index is 1.41. The standard InChI is InChI=1S/C21H19ClN6O2/c1-15-24-20(26-28(15)18-8-6-16(22)7-9-18)21(29)25-17-4-2-5-19(14-17)30-13-12-27-11-3-10-23-27/h2-11,14H,12-13H2,1H3,(H,25,29). The van der Waals surface area contributed by atoms with Crippen LogP contribution in [0.2, 0.25) is 5.02 Å². The molecule has 0 spiro atoms. The first-order chi connectivity index (χ1) is 14.6. The Hall–Kier alpha value is -3.65. The second-order valence-electron chi connectivity index (χ2n) is 6.47. The maximum atomic E-state index is 12.6. The summed E-state index contributed by atoms with van der Waals surface area (Å²) in [5.41, 5.74) is 1.37. The Morgan fingerprint density at radius 1 is 1.17 bits per heavy atom. The van der Waals surface area contributed by atoms with Crippen molar-refractivity contribution in [1.82, 2.24) is 24.5 Å². The molecule has 1 amide bonds. The number of rotatable bonds is 7. The second kappa shape index (κ2) is 8.79. The molecule has 0 saturated carbocycles. The van der Waals surface area contributed by atoms with Crippen molar-refractivity contribution in [1.29, 1.82) is 0 Å². The van der Waals surface area contributed by atoms with Crippen LogP contribution < -0.4 is 10.1 Å². The van der Waals surface area contributed by atoms with Gasteiger partial charge in [0.05, 0.1) is 12.2 Å². The number of nitrogens with one attached hydrogen (secondary N) is 1. The highest BCUT2D eigenvalue weighted by Gasteiger charge is 2.16. The van der Waals surface area contributed by atoms with Crippen molar-refractivity contribution in [2.75, 3.05) is 11.9 Å². The highest BCUT2D eigenvalue weighted by molar-refractivity contribution is 6.30. The van der Waals surface area contributed by atoms with Crippen LogP contribution >= 0.6 is 11.6 Å². The van der Waals surface area contributed by atoms with E-state index < -0.39 is 5.91 Å². The zero-order valence-electron chi connectivity index (χ0n) is 16.2. The third-order valence-electron chi connectivity index (χ3n) is 4.28. The average molecular weight is 423 g/mol. The third kappa shape index (κ3) is 4.66. The Morgan fingerprint density at radius 2 is 2.00 bits per heavy atom. The van der Waals surface area contributed by atoms with Gasteiger partial charge in [0.25, 0.3) is 5.91 Å². The normalized spacial score (nSPS) is 10.7. The summed E-state index contributed by atoms with van der Waals surface area (Å²) in [5.74, 6) is 0.918. The maximum Gasteiger partial charge on any atom is 0.295 e. The molecule has 4 aromatic rings. The van der Waals surface area contributed by atoms with E-state index in [9.17, 15) is 4.79 Å². The number of halogens is 1. The van der Waals surface area contributed by atoms with Gasteiger partial charge in [-0.25, -0.2) is 9.67 Å². The molecule has 0 bridgehead atoms. The number of hydrogen-bond donors (Lipinski definition) is 1. The fraction of sp³-hybridized carbons (Fsp3) is 0.143. The van der Waals surface area contributed by atoms with Crippen molar-refractivity contribution in [3.05, 3.63) is 83.7 Å². The lowest BCUT2D eigenvalue weighted by Gasteiger charge is -2.08. The van der Waals surface area contributed by atoms with E-state index in [1.807, 2.05) is 36.5 Å². The molecular formula is C21H19ClN6O2. The molecular weight excluding hydrogens is 404 g/mol. The van der Waals surface area contributed by atoms with Crippen molar-refractivity contribution in [3.8, 4) is 11.4 Å². The van der Waals surface area contributed by atoms with Gasteiger partial charge in [-0.2, -0.15) is 5.10 Å². The summed E-state index contributed by atoms with van der Waals surface area (Å²) in [6.07, 6.45) is 3.60. The van der Waals surface area contributed by atoms with Crippen molar-refractivity contribution >= 4 is 23.2 Å². The van der Waals surface area contributed by atoms with E-state index >= 15 is 0 Å². The molecule has 0 saturated heterocycles. The molecule has 4 rings (SSSR count). The van der Waals surface area contributed by atoms with Gasteiger partial charge in [-0.1, -0.05) is 17.7 Å². The van der Waals surface area contributed by atoms with Gasteiger partial charge in [0.15, 0.2) is 0 Å². The van der Waals surface area contributed by atoms with E-state index in [-0.39, 0.29) is 5.82 Å². The summed E-state index contributed by atoms with van der Waals surface area (Å²) >= 11 is 5.93. The second-order valence-corrected chi connectivity index (χ2v) is 6.91. The lowest BCUT2D eigenvalue weighted by Crippen LogP contribution is -2.14. The highest BCUT2D eigenvalue weighted by Crippen LogP contribution is 2.19. The number of ether oxygens (including phenoxy) is 1. The van der Waals surface area contributed by atoms with Crippen molar-refractivity contribution < 1.29 is 9.53 Å². The lowest BCUT2D eigenvalue weighted by molar-refractivity contribution is 0.101. The molecule has 152 valence electrons. The van der Waals surface area contributed by atoms with E-state index in [0.717, 1.165) is 5.69 Å². The van der Waals surface area contributed by atoms with Crippen LogP contribution in [0.1, 0.15) is 16.4 Å². The minimum absolute atomic E-state index is 0.0763. The van der Waals surface area contributed by atoms with Crippen molar-refractivity contribution in [3.63, 3.8) is 0 Å². The van der Waals surface area contributed by atoms with Gasteiger partial charge in [0, 0.05) is 29.2 Å². The molecule has 2 heterocycles. The minimum atomic E-state index is -0.403. The van der Waals surface area contributed by atoms with Gasteiger partial charge in [0.2, 0.25) is 5.82 Å². The topological polar surface area (TPSA) is 86.9 Å². The van der Waals surface area contributed by atoms with Gasteiger partial charge in [-0.15, -0.1) is 5.10 Å². The Labute approximate surface area is 178 Å². The van der Waals surface area contributed by atoms with Crippen LogP contribution in [0.4, 0.5) is 5.69 Å². The highest BCUT2D eigenvalue weighted by atomic mass is 35.5. The Morgan fingerprint density at radius 3 is 2.77 bits per heavy atom. The van der Waals surface area contributed by atoms with Crippen LogP contribution in [-0.4, -0.2) is 37.1 Å². The van der Waals surface area contributed by atoms with Crippen molar-refractivity contribution in [2.24, 2.45) is 0 Å². The number of carbonyl (C=O) groups is 1. The molecule has 30 heavy (non-hydrogen) atoms. The molecule has 8 nitrogen and oxygen atoms in total. The molecule has 2 aromatic carbocycles. The van der Waals surface area contributed by atoms with Crippen molar-refractivity contribution in [2.45, 2.75) is 13.5 Å². The predicted octanol–water partition coefficient (Wildman–Crippen LogP) is 3.76. The zero-order valence-corrected chi connectivity index (χ0v) is 17.0. The maximum absolute atomic E-state index is 12.6. The number of aryl methyl sites for hydroxylation is 1. The van der Waals surface area contributed by atoms with Crippen LogP contribution in [0.3, 0.4) is 0 Å². The van der Waals surface area contributed by atoms with Gasteiger partial charge in [-0.3, -0.25) is 9.48 Å². The number of hydrogen-bond acceptors (Lipinski definition) is 5. The predicted molar refractivity (Wildman–Crippen MR) is 113 cm³/mol. The van der Waals surface area contributed by atoms with Crippen LogP contribution in [0.5, 0.6) is 5.75 Å². The Kier molecular flexibility index (Phi) is 5.76. The molecule has 0 aliphatic carbocycles. The smallest absolute Gasteiger partial charge is 0.295 e. The number of anilines is 1. The zero-order chi connectivity index (χ0) is 20.9. The molecule has 0 fully saturated rings. The summed E-state index contributed by atoms with van der Waals surface area (Å²) in [6, 6.07) is 16.2. The third-order valence-corrected chi connectivity index (χ3v) is 4.54. The molecule has 0 radical (unpaired) electrons. The first kappa shape index (κ1) is 19.7. The van der Waals surface area contributed by atoms with Crippen LogP contribution in [-0.2, 0) is 6.54 Å². The summed E-state index contributed by atoms with van der Waals surface area (Å²) < 4.78 is 9.13. The van der Waals surface area contributed by atoms with E-state index in [1.54, 1.807) is 46.7 Å². The first-order valence-corrected chi connectivity index (χ1v) is 9.67. The van der Waals surface area contributed by atoms with E-state index in [2.05, 4.69) is 20.5 Å². The SMILES string of the molecule is Cc1nc(C(=O)Nc2cccc(OCCn3cccn3)c2)nn1-c1ccc(Cl)cc1. The molecule has 0 atom stereocenters. The molecule has 0 aliphatic heterocycles. The molecule has 0 unspecified atom stereocenters. The minimum Gasteiger partial charge on any atom is -0.492 e. The van der Waals surface area contributed by atoms with Gasteiger partial charge in [-0.05, 0) is 49.4 Å². The average Bonchev–Trinajstić information content (AvgIpc) is 3.39. The molecule has 1 N–H and O–H groups in total. The summed E-state index contributed by atoms with van der Waals surface area (Å²) in [5, 5.41) is 11.9. The van der Waals surface area contributed by atoms with Crippen LogP contribution in [0.15, 0.2) is 67.0 Å². The number of amides is 1. The number of carbonyl (C=O) groups excluding carboxylic acids is 1. The summed E-state index contributed by atoms with van der Waals surface area (Å²) in [6.45, 7) is 2.88. The number of aromatic nitrogens is 5. The summed E-state index contributed by atoms with van der Waals surface area (Å²) in [4.78, 5) is 16.9. The van der Waals surface area contributed by atoms with E-state index in [0.29, 0.717) is 35.4 Å². The number of nitrogens with zero attached hydrogens (tertiary/aromatic N) is 5. The van der Waals surface area contributed by atoms with Crippen LogP contribution in [0.25, 0.3) is 5.69 Å². The summed E-state index contributed by atoms with van der Waals surface area (Å²) in [7, 11) is 0. The molecule has 2 aromatic heterocycles. The van der Waals surface area contributed by atoms with Crippen LogP contribution in [0, 0.1) is 6.92 Å². The first-order valence-electron chi connectivity index (χ1n) is 9.30. The Bertz CT molecular complexity index is 1140. The monoisotopic (exact) mass is 422 g/mol. The van der Waals surface area contributed by atoms with E-state index in [4.69, 9.17) is 16.3 Å². The quantitative estimate of drug-likeness (QED) is 0.490. The van der Waals surface area contributed by atoms with Gasteiger partial charge < -0.3 is 10.1 Å². The van der Waals surface area contributed by atoms with Gasteiger partial charge >= 0.3 is 0 Å². The van der Waals surface area contributed by atoms with E-state index in [1.165, 1.54) is 0 Å².